The maximum absolute atomic E-state index is 12.0. The first-order valence-corrected chi connectivity index (χ1v) is 8.58. The van der Waals surface area contributed by atoms with Crippen LogP contribution in [0.5, 0.6) is 0 Å². The summed E-state index contributed by atoms with van der Waals surface area (Å²) in [6, 6.07) is 7.84. The van der Waals surface area contributed by atoms with Crippen LogP contribution in [0.25, 0.3) is 11.3 Å². The van der Waals surface area contributed by atoms with Gasteiger partial charge in [0.2, 0.25) is 5.91 Å². The van der Waals surface area contributed by atoms with Crippen molar-refractivity contribution >= 4 is 23.2 Å². The largest absolute Gasteiger partial charge is 0.479 e. The molecule has 1 aromatic carbocycles. The van der Waals surface area contributed by atoms with Crippen molar-refractivity contribution in [3.63, 3.8) is 0 Å². The van der Waals surface area contributed by atoms with Gasteiger partial charge in [0.15, 0.2) is 6.10 Å². The first kappa shape index (κ1) is 16.6. The Hall–Kier alpha value is -2.25. The van der Waals surface area contributed by atoms with Gasteiger partial charge in [-0.3, -0.25) is 4.79 Å². The van der Waals surface area contributed by atoms with Crippen molar-refractivity contribution < 1.29 is 19.4 Å². The number of ether oxygens (including phenoxy) is 1. The van der Waals surface area contributed by atoms with Gasteiger partial charge in [0.1, 0.15) is 6.10 Å². The summed E-state index contributed by atoms with van der Waals surface area (Å²) in [7, 11) is 0. The lowest BCUT2D eigenvalue weighted by Gasteiger charge is -2.12. The normalized spacial score (nSPS) is 20.0. The van der Waals surface area contributed by atoms with E-state index in [1.807, 2.05) is 36.6 Å². The fraction of sp³-hybridized carbons (Fsp3) is 0.353. The van der Waals surface area contributed by atoms with Crippen LogP contribution in [0.2, 0.25) is 0 Å². The highest BCUT2D eigenvalue weighted by Crippen LogP contribution is 2.22. The number of carboxylic acid groups (broad SMARTS) is 1. The van der Waals surface area contributed by atoms with Crippen LogP contribution < -0.4 is 5.32 Å². The van der Waals surface area contributed by atoms with Crippen LogP contribution in [-0.4, -0.2) is 34.2 Å². The van der Waals surface area contributed by atoms with Gasteiger partial charge >= 0.3 is 5.97 Å². The summed E-state index contributed by atoms with van der Waals surface area (Å²) in [5.74, 6) is -1.28. The number of carbonyl (C=O) groups is 2. The van der Waals surface area contributed by atoms with Gasteiger partial charge in [0, 0.05) is 17.5 Å². The number of aliphatic carboxylic acids is 1. The van der Waals surface area contributed by atoms with E-state index < -0.39 is 18.2 Å². The van der Waals surface area contributed by atoms with Gasteiger partial charge in [-0.25, -0.2) is 9.78 Å². The summed E-state index contributed by atoms with van der Waals surface area (Å²) in [6.07, 6.45) is -0.745. The van der Waals surface area contributed by atoms with Crippen molar-refractivity contribution in [2.75, 3.05) is 0 Å². The number of thiazole rings is 1. The third-order valence-electron chi connectivity index (χ3n) is 3.92. The maximum atomic E-state index is 12.0. The van der Waals surface area contributed by atoms with Crippen molar-refractivity contribution in [3.05, 3.63) is 40.2 Å². The zero-order chi connectivity index (χ0) is 17.1. The molecule has 7 heteroatoms. The SMILES string of the molecule is Cc1nc(-c2ccc(CNC(=O)[C@@H]3CC[C@H](C(=O)O)O3)cc2)cs1. The van der Waals surface area contributed by atoms with E-state index in [0.717, 1.165) is 21.8 Å². The van der Waals surface area contributed by atoms with Crippen molar-refractivity contribution in [1.29, 1.82) is 0 Å². The van der Waals surface area contributed by atoms with Crippen molar-refractivity contribution in [2.24, 2.45) is 0 Å². The smallest absolute Gasteiger partial charge is 0.332 e. The average molecular weight is 346 g/mol. The highest BCUT2D eigenvalue weighted by Gasteiger charge is 2.34. The van der Waals surface area contributed by atoms with E-state index in [0.29, 0.717) is 19.4 Å². The van der Waals surface area contributed by atoms with Gasteiger partial charge < -0.3 is 15.2 Å². The Bertz CT molecular complexity index is 741. The number of nitrogens with one attached hydrogen (secondary N) is 1. The molecule has 1 saturated heterocycles. The summed E-state index contributed by atoms with van der Waals surface area (Å²) in [4.78, 5) is 27.3. The van der Waals surface area contributed by atoms with Gasteiger partial charge in [-0.1, -0.05) is 24.3 Å². The lowest BCUT2D eigenvalue weighted by atomic mass is 10.1. The molecule has 126 valence electrons. The first-order valence-electron chi connectivity index (χ1n) is 7.70. The zero-order valence-electron chi connectivity index (χ0n) is 13.2. The summed E-state index contributed by atoms with van der Waals surface area (Å²) >= 11 is 1.61. The van der Waals surface area contributed by atoms with E-state index in [1.54, 1.807) is 11.3 Å². The van der Waals surface area contributed by atoms with Crippen LogP contribution in [0.3, 0.4) is 0 Å². The van der Waals surface area contributed by atoms with Gasteiger partial charge in [0.05, 0.1) is 10.7 Å². The molecule has 0 bridgehead atoms. The molecule has 1 fully saturated rings. The van der Waals surface area contributed by atoms with Gasteiger partial charge in [-0.05, 0) is 25.3 Å². The number of nitrogens with zero attached hydrogens (tertiary/aromatic N) is 1. The molecule has 1 aliphatic heterocycles. The predicted octanol–water partition coefficient (Wildman–Crippen LogP) is 2.37. The number of carbonyl (C=O) groups excluding carboxylic acids is 1. The molecule has 2 N–H and O–H groups in total. The standard InChI is InChI=1S/C17H18N2O4S/c1-10-19-13(9-24-10)12-4-2-11(3-5-12)8-18-16(20)14-6-7-15(23-14)17(21)22/h2-5,9,14-15H,6-8H2,1H3,(H,18,20)(H,21,22)/t14-,15+/m0/s1. The second-order valence-corrected chi connectivity index (χ2v) is 6.76. The predicted molar refractivity (Wildman–Crippen MR) is 89.7 cm³/mol. The lowest BCUT2D eigenvalue weighted by molar-refractivity contribution is -0.151. The lowest BCUT2D eigenvalue weighted by Crippen LogP contribution is -2.35. The van der Waals surface area contributed by atoms with Gasteiger partial charge in [0.25, 0.3) is 0 Å². The fourth-order valence-corrected chi connectivity index (χ4v) is 3.23. The van der Waals surface area contributed by atoms with Crippen LogP contribution in [0.1, 0.15) is 23.4 Å². The molecule has 1 aromatic heterocycles. The maximum Gasteiger partial charge on any atom is 0.332 e. The van der Waals surface area contributed by atoms with E-state index in [9.17, 15) is 9.59 Å². The average Bonchev–Trinajstić information content (AvgIpc) is 3.22. The van der Waals surface area contributed by atoms with Crippen LogP contribution in [0, 0.1) is 6.92 Å². The van der Waals surface area contributed by atoms with Crippen LogP contribution in [-0.2, 0) is 20.9 Å². The summed E-state index contributed by atoms with van der Waals surface area (Å²) in [5.41, 5.74) is 2.96. The number of benzene rings is 1. The molecule has 2 atom stereocenters. The molecule has 0 radical (unpaired) electrons. The third-order valence-corrected chi connectivity index (χ3v) is 4.70. The van der Waals surface area contributed by atoms with E-state index in [1.165, 1.54) is 0 Å². The van der Waals surface area contributed by atoms with Gasteiger partial charge in [-0.15, -0.1) is 11.3 Å². The van der Waals surface area contributed by atoms with Crippen molar-refractivity contribution in [3.8, 4) is 11.3 Å². The number of carboxylic acids is 1. The highest BCUT2D eigenvalue weighted by atomic mass is 32.1. The number of hydrogen-bond donors (Lipinski definition) is 2. The Kier molecular flexibility index (Phi) is 4.92. The Balaban J connectivity index is 1.53. The molecule has 0 aliphatic carbocycles. The molecule has 1 aliphatic rings. The van der Waals surface area contributed by atoms with Crippen molar-refractivity contribution in [1.82, 2.24) is 10.3 Å². The Morgan fingerprint density at radius 1 is 1.29 bits per heavy atom. The first-order chi connectivity index (χ1) is 11.5. The molecular formula is C17H18N2O4S. The van der Waals surface area contributed by atoms with Crippen LogP contribution in [0.15, 0.2) is 29.6 Å². The second kappa shape index (κ2) is 7.11. The second-order valence-electron chi connectivity index (χ2n) is 5.70. The minimum atomic E-state index is -1.02. The molecule has 2 aromatic rings. The summed E-state index contributed by atoms with van der Waals surface area (Å²) in [6.45, 7) is 2.35. The number of rotatable bonds is 5. The molecule has 2 heterocycles. The Morgan fingerprint density at radius 3 is 2.58 bits per heavy atom. The highest BCUT2D eigenvalue weighted by molar-refractivity contribution is 7.09. The fourth-order valence-electron chi connectivity index (χ4n) is 2.60. The molecule has 0 unspecified atom stereocenters. The minimum absolute atomic E-state index is 0.266. The topological polar surface area (TPSA) is 88.5 Å². The van der Waals surface area contributed by atoms with Crippen LogP contribution >= 0.6 is 11.3 Å². The van der Waals surface area contributed by atoms with Crippen molar-refractivity contribution in [2.45, 2.75) is 38.5 Å². The third kappa shape index (κ3) is 3.80. The molecule has 3 rings (SSSR count). The number of aromatic nitrogens is 1. The molecule has 24 heavy (non-hydrogen) atoms. The molecular weight excluding hydrogens is 328 g/mol. The zero-order valence-corrected chi connectivity index (χ0v) is 14.0. The van der Waals surface area contributed by atoms with E-state index >= 15 is 0 Å². The number of amides is 1. The monoisotopic (exact) mass is 346 g/mol. The minimum Gasteiger partial charge on any atom is -0.479 e. The number of hydrogen-bond acceptors (Lipinski definition) is 5. The molecule has 0 saturated carbocycles. The summed E-state index contributed by atoms with van der Waals surface area (Å²) < 4.78 is 5.23. The quantitative estimate of drug-likeness (QED) is 0.868. The Labute approximate surface area is 143 Å². The van der Waals surface area contributed by atoms with Gasteiger partial charge in [-0.2, -0.15) is 0 Å². The van der Waals surface area contributed by atoms with Crippen LogP contribution in [0.4, 0.5) is 0 Å². The van der Waals surface area contributed by atoms with E-state index in [4.69, 9.17) is 9.84 Å². The van der Waals surface area contributed by atoms with E-state index in [2.05, 4.69) is 10.3 Å². The number of aryl methyl sites for hydroxylation is 1. The molecule has 6 nitrogen and oxygen atoms in total. The van der Waals surface area contributed by atoms with E-state index in [-0.39, 0.29) is 5.91 Å². The molecule has 0 spiro atoms. The summed E-state index contributed by atoms with van der Waals surface area (Å²) in [5, 5.41) is 14.7. The molecule has 1 amide bonds. The Morgan fingerprint density at radius 2 is 2.00 bits per heavy atom.